The van der Waals surface area contributed by atoms with Gasteiger partial charge in [-0.05, 0) is 5.56 Å². The molecule has 0 fully saturated rings. The van der Waals surface area contributed by atoms with Gasteiger partial charge in [-0.2, -0.15) is 13.2 Å². The van der Waals surface area contributed by atoms with Crippen LogP contribution in [-0.2, 0) is 20.8 Å². The van der Waals surface area contributed by atoms with Crippen molar-refractivity contribution in [3.05, 3.63) is 35.9 Å². The zero-order chi connectivity index (χ0) is 15.7. The molecule has 1 aromatic rings. The maximum absolute atomic E-state index is 12.6. The second-order valence-corrected chi connectivity index (χ2v) is 4.40. The van der Waals surface area contributed by atoms with Gasteiger partial charge in [-0.25, -0.2) is 0 Å². The second-order valence-electron chi connectivity index (χ2n) is 4.40. The van der Waals surface area contributed by atoms with E-state index in [4.69, 9.17) is 9.47 Å². The average molecular weight is 305 g/mol. The summed E-state index contributed by atoms with van der Waals surface area (Å²) < 4.78 is 47.4. The number of halogens is 3. The molecule has 7 heteroatoms. The number of alkyl halides is 3. The van der Waals surface area contributed by atoms with Crippen molar-refractivity contribution in [2.45, 2.75) is 12.7 Å². The summed E-state index contributed by atoms with van der Waals surface area (Å²) in [4.78, 5) is 12.6. The maximum atomic E-state index is 12.6. The van der Waals surface area contributed by atoms with Crippen molar-refractivity contribution in [2.24, 2.45) is 0 Å². The minimum atomic E-state index is -4.45. The van der Waals surface area contributed by atoms with Crippen molar-refractivity contribution in [2.75, 3.05) is 33.5 Å². The van der Waals surface area contributed by atoms with Crippen molar-refractivity contribution < 1.29 is 27.4 Å². The van der Waals surface area contributed by atoms with Crippen LogP contribution >= 0.6 is 0 Å². The highest BCUT2D eigenvalue weighted by Crippen LogP contribution is 2.18. The van der Waals surface area contributed by atoms with Crippen LogP contribution in [0.15, 0.2) is 30.3 Å². The average Bonchev–Trinajstić information content (AvgIpc) is 2.42. The number of rotatable bonds is 8. The van der Waals surface area contributed by atoms with Gasteiger partial charge in [-0.15, -0.1) is 0 Å². The Morgan fingerprint density at radius 3 is 2.43 bits per heavy atom. The molecule has 21 heavy (non-hydrogen) atoms. The Morgan fingerprint density at radius 2 is 1.86 bits per heavy atom. The van der Waals surface area contributed by atoms with Gasteiger partial charge in [0.25, 0.3) is 0 Å². The predicted molar refractivity (Wildman–Crippen MR) is 70.6 cm³/mol. The SMILES string of the molecule is COCCOCC(=O)N(Cc1ccccc1)CC(F)(F)F. The maximum Gasteiger partial charge on any atom is 0.406 e. The monoisotopic (exact) mass is 305 g/mol. The quantitative estimate of drug-likeness (QED) is 0.691. The molecule has 0 unspecified atom stereocenters. The molecule has 1 amide bonds. The van der Waals surface area contributed by atoms with Gasteiger partial charge in [0, 0.05) is 13.7 Å². The van der Waals surface area contributed by atoms with E-state index in [1.165, 1.54) is 7.11 Å². The lowest BCUT2D eigenvalue weighted by Gasteiger charge is -2.24. The molecule has 1 rings (SSSR count). The van der Waals surface area contributed by atoms with E-state index >= 15 is 0 Å². The largest absolute Gasteiger partial charge is 0.406 e. The minimum absolute atomic E-state index is 0.104. The van der Waals surface area contributed by atoms with Gasteiger partial charge in [0.1, 0.15) is 13.2 Å². The lowest BCUT2D eigenvalue weighted by Crippen LogP contribution is -2.40. The number of carbonyl (C=O) groups is 1. The van der Waals surface area contributed by atoms with E-state index in [-0.39, 0.29) is 19.8 Å². The number of methoxy groups -OCH3 is 1. The van der Waals surface area contributed by atoms with E-state index in [9.17, 15) is 18.0 Å². The summed E-state index contributed by atoms with van der Waals surface area (Å²) in [5.74, 6) is -0.702. The molecule has 0 radical (unpaired) electrons. The van der Waals surface area contributed by atoms with E-state index in [0.717, 1.165) is 4.90 Å². The van der Waals surface area contributed by atoms with Crippen LogP contribution in [0, 0.1) is 0 Å². The predicted octanol–water partition coefficient (Wildman–Crippen LogP) is 2.24. The van der Waals surface area contributed by atoms with Crippen LogP contribution in [0.3, 0.4) is 0 Å². The molecule has 0 aliphatic rings. The van der Waals surface area contributed by atoms with Crippen molar-refractivity contribution in [1.82, 2.24) is 4.90 Å². The molecule has 0 spiro atoms. The number of hydrogen-bond donors (Lipinski definition) is 0. The van der Waals surface area contributed by atoms with Crippen molar-refractivity contribution in [3.63, 3.8) is 0 Å². The van der Waals surface area contributed by atoms with Crippen molar-refractivity contribution >= 4 is 5.91 Å². The van der Waals surface area contributed by atoms with Crippen molar-refractivity contribution in [3.8, 4) is 0 Å². The minimum Gasteiger partial charge on any atom is -0.382 e. The standard InChI is InChI=1S/C14H18F3NO3/c1-20-7-8-21-10-13(19)18(11-14(15,16)17)9-12-5-3-2-4-6-12/h2-6H,7-11H2,1H3. The van der Waals surface area contributed by atoms with Gasteiger partial charge in [0.15, 0.2) is 0 Å². The van der Waals surface area contributed by atoms with E-state index in [2.05, 4.69) is 0 Å². The molecule has 0 aliphatic heterocycles. The Labute approximate surface area is 121 Å². The van der Waals surface area contributed by atoms with Crippen LogP contribution in [-0.4, -0.2) is 50.5 Å². The molecule has 0 saturated heterocycles. The summed E-state index contributed by atoms with van der Waals surface area (Å²) in [6.07, 6.45) is -4.45. The van der Waals surface area contributed by atoms with Crippen LogP contribution in [0.2, 0.25) is 0 Å². The first-order chi connectivity index (χ1) is 9.92. The highest BCUT2D eigenvalue weighted by molar-refractivity contribution is 5.77. The van der Waals surface area contributed by atoms with E-state index in [0.29, 0.717) is 5.56 Å². The smallest absolute Gasteiger partial charge is 0.382 e. The zero-order valence-corrected chi connectivity index (χ0v) is 11.7. The Balaban J connectivity index is 2.61. The molecular formula is C14H18F3NO3. The topological polar surface area (TPSA) is 38.8 Å². The molecule has 118 valence electrons. The number of amides is 1. The fourth-order valence-electron chi connectivity index (χ4n) is 1.65. The normalized spacial score (nSPS) is 11.4. The Hall–Kier alpha value is -1.60. The Bertz CT molecular complexity index is 423. The first kappa shape index (κ1) is 17.5. The van der Waals surface area contributed by atoms with Gasteiger partial charge in [0.2, 0.25) is 5.91 Å². The summed E-state index contributed by atoms with van der Waals surface area (Å²) in [5.41, 5.74) is 0.631. The van der Waals surface area contributed by atoms with Crippen LogP contribution in [0.1, 0.15) is 5.56 Å². The highest BCUT2D eigenvalue weighted by atomic mass is 19.4. The summed E-state index contributed by atoms with van der Waals surface area (Å²) in [5, 5.41) is 0. The van der Waals surface area contributed by atoms with E-state index in [1.807, 2.05) is 0 Å². The summed E-state index contributed by atoms with van der Waals surface area (Å²) >= 11 is 0. The molecule has 0 aliphatic carbocycles. The molecule has 0 atom stereocenters. The molecule has 4 nitrogen and oxygen atoms in total. The number of ether oxygens (including phenoxy) is 2. The first-order valence-corrected chi connectivity index (χ1v) is 6.37. The number of carbonyl (C=O) groups excluding carboxylic acids is 1. The van der Waals surface area contributed by atoms with Gasteiger partial charge in [0.05, 0.1) is 13.2 Å². The van der Waals surface area contributed by atoms with Gasteiger partial charge >= 0.3 is 6.18 Å². The second kappa shape index (κ2) is 8.63. The van der Waals surface area contributed by atoms with Gasteiger partial charge in [-0.1, -0.05) is 30.3 Å². The lowest BCUT2D eigenvalue weighted by atomic mass is 10.2. The molecule has 0 N–H and O–H groups in total. The molecule has 0 heterocycles. The summed E-state index contributed by atoms with van der Waals surface area (Å²) in [7, 11) is 1.47. The number of benzene rings is 1. The molecule has 0 bridgehead atoms. The molecular weight excluding hydrogens is 287 g/mol. The summed E-state index contributed by atoms with van der Waals surface area (Å²) in [6, 6.07) is 8.51. The van der Waals surface area contributed by atoms with Gasteiger partial charge in [-0.3, -0.25) is 4.79 Å². The third kappa shape index (κ3) is 7.67. The first-order valence-electron chi connectivity index (χ1n) is 6.37. The van der Waals surface area contributed by atoms with Gasteiger partial charge < -0.3 is 14.4 Å². The third-order valence-electron chi connectivity index (χ3n) is 2.60. The Kier molecular flexibility index (Phi) is 7.18. The van der Waals surface area contributed by atoms with E-state index in [1.54, 1.807) is 30.3 Å². The lowest BCUT2D eigenvalue weighted by molar-refractivity contribution is -0.165. The number of hydrogen-bond acceptors (Lipinski definition) is 3. The molecule has 0 saturated carbocycles. The Morgan fingerprint density at radius 1 is 1.19 bits per heavy atom. The van der Waals surface area contributed by atoms with Crippen molar-refractivity contribution in [1.29, 1.82) is 0 Å². The fourth-order valence-corrected chi connectivity index (χ4v) is 1.65. The van der Waals surface area contributed by atoms with Crippen LogP contribution in [0.4, 0.5) is 13.2 Å². The zero-order valence-electron chi connectivity index (χ0n) is 11.7. The van der Waals surface area contributed by atoms with Crippen LogP contribution in [0.5, 0.6) is 0 Å². The molecule has 1 aromatic carbocycles. The number of nitrogens with zero attached hydrogens (tertiary/aromatic N) is 1. The van der Waals surface area contributed by atoms with E-state index < -0.39 is 25.2 Å². The third-order valence-corrected chi connectivity index (χ3v) is 2.60. The van der Waals surface area contributed by atoms with Crippen LogP contribution in [0.25, 0.3) is 0 Å². The summed E-state index contributed by atoms with van der Waals surface area (Å²) in [6.45, 7) is -1.36. The highest BCUT2D eigenvalue weighted by Gasteiger charge is 2.32. The molecule has 0 aromatic heterocycles. The van der Waals surface area contributed by atoms with Crippen LogP contribution < -0.4 is 0 Å². The fraction of sp³-hybridized carbons (Fsp3) is 0.500.